The van der Waals surface area contributed by atoms with Crippen LogP contribution < -0.4 is 0 Å². The zero-order chi connectivity index (χ0) is 14.1. The molecule has 3 rings (SSSR count). The number of para-hydroxylation sites is 1. The van der Waals surface area contributed by atoms with E-state index >= 15 is 0 Å². The van der Waals surface area contributed by atoms with Crippen molar-refractivity contribution in [3.8, 4) is 0 Å². The summed E-state index contributed by atoms with van der Waals surface area (Å²) in [7, 11) is 0. The normalized spacial score (nSPS) is 18.6. The maximum atomic E-state index is 6.34. The molecule has 1 aromatic carbocycles. The third-order valence-electron chi connectivity index (χ3n) is 4.15. The van der Waals surface area contributed by atoms with Gasteiger partial charge >= 0.3 is 0 Å². The number of nitrogens with zero attached hydrogens (tertiary/aromatic N) is 2. The standard InChI is InChI=1S/C16H21ClN2O/c1-11-4-3-5-14-15(11)18-16(12(2)17)19(14)10-13-6-8-20-9-7-13/h3-5,12-13H,6-10H2,1-2H3. The first-order chi connectivity index (χ1) is 9.66. The maximum absolute atomic E-state index is 6.34. The molecule has 1 aromatic heterocycles. The Hall–Kier alpha value is -1.06. The van der Waals surface area contributed by atoms with Gasteiger partial charge in [0, 0.05) is 19.8 Å². The topological polar surface area (TPSA) is 27.1 Å². The molecule has 1 saturated heterocycles. The SMILES string of the molecule is Cc1cccc2c1nc(C(C)Cl)n2CC1CCOCC1. The lowest BCUT2D eigenvalue weighted by molar-refractivity contribution is 0.0613. The second-order valence-electron chi connectivity index (χ2n) is 5.70. The van der Waals surface area contributed by atoms with E-state index in [1.807, 2.05) is 6.92 Å². The van der Waals surface area contributed by atoms with Crippen LogP contribution in [0.3, 0.4) is 0 Å². The van der Waals surface area contributed by atoms with Crippen LogP contribution in [0.1, 0.15) is 36.5 Å². The quantitative estimate of drug-likeness (QED) is 0.797. The van der Waals surface area contributed by atoms with E-state index in [2.05, 4.69) is 29.7 Å². The van der Waals surface area contributed by atoms with Crippen LogP contribution in [0.5, 0.6) is 0 Å². The van der Waals surface area contributed by atoms with Gasteiger partial charge in [-0.1, -0.05) is 12.1 Å². The number of fused-ring (bicyclic) bond motifs is 1. The molecule has 0 radical (unpaired) electrons. The smallest absolute Gasteiger partial charge is 0.127 e. The Morgan fingerprint density at radius 3 is 2.85 bits per heavy atom. The highest BCUT2D eigenvalue weighted by atomic mass is 35.5. The molecule has 0 saturated carbocycles. The van der Waals surface area contributed by atoms with E-state index in [1.165, 1.54) is 11.1 Å². The number of hydrogen-bond donors (Lipinski definition) is 0. The van der Waals surface area contributed by atoms with E-state index in [-0.39, 0.29) is 5.38 Å². The monoisotopic (exact) mass is 292 g/mol. The lowest BCUT2D eigenvalue weighted by atomic mass is 10.00. The Balaban J connectivity index is 2.02. The lowest BCUT2D eigenvalue weighted by Gasteiger charge is -2.23. The molecule has 1 aliphatic heterocycles. The number of alkyl halides is 1. The highest BCUT2D eigenvalue weighted by Crippen LogP contribution is 2.28. The number of benzene rings is 1. The van der Waals surface area contributed by atoms with Crippen LogP contribution in [0.2, 0.25) is 0 Å². The third-order valence-corrected chi connectivity index (χ3v) is 4.34. The van der Waals surface area contributed by atoms with Crippen molar-refractivity contribution in [2.45, 2.75) is 38.6 Å². The van der Waals surface area contributed by atoms with Crippen LogP contribution in [0.4, 0.5) is 0 Å². The fraction of sp³-hybridized carbons (Fsp3) is 0.562. The summed E-state index contributed by atoms with van der Waals surface area (Å²) < 4.78 is 7.77. The zero-order valence-electron chi connectivity index (χ0n) is 12.1. The molecule has 3 nitrogen and oxygen atoms in total. The zero-order valence-corrected chi connectivity index (χ0v) is 12.9. The molecule has 1 unspecified atom stereocenters. The van der Waals surface area contributed by atoms with Gasteiger partial charge in [0.1, 0.15) is 5.82 Å². The van der Waals surface area contributed by atoms with Crippen LogP contribution in [0.25, 0.3) is 11.0 Å². The maximum Gasteiger partial charge on any atom is 0.127 e. The van der Waals surface area contributed by atoms with E-state index in [4.69, 9.17) is 21.3 Å². The van der Waals surface area contributed by atoms with Crippen molar-refractivity contribution < 1.29 is 4.74 Å². The summed E-state index contributed by atoms with van der Waals surface area (Å²) in [4.78, 5) is 4.78. The van der Waals surface area contributed by atoms with Crippen LogP contribution in [0.15, 0.2) is 18.2 Å². The highest BCUT2D eigenvalue weighted by Gasteiger charge is 2.20. The molecule has 4 heteroatoms. The second kappa shape index (κ2) is 5.74. The average molecular weight is 293 g/mol. The lowest BCUT2D eigenvalue weighted by Crippen LogP contribution is -2.21. The fourth-order valence-electron chi connectivity index (χ4n) is 2.99. The first-order valence-corrected chi connectivity index (χ1v) is 7.78. The summed E-state index contributed by atoms with van der Waals surface area (Å²) in [5.41, 5.74) is 3.51. The summed E-state index contributed by atoms with van der Waals surface area (Å²) in [6, 6.07) is 6.36. The highest BCUT2D eigenvalue weighted by molar-refractivity contribution is 6.20. The van der Waals surface area contributed by atoms with E-state index in [0.29, 0.717) is 5.92 Å². The first-order valence-electron chi connectivity index (χ1n) is 7.34. The van der Waals surface area contributed by atoms with Crippen molar-refractivity contribution in [1.29, 1.82) is 0 Å². The minimum absolute atomic E-state index is 0.0679. The molecule has 0 spiro atoms. The minimum atomic E-state index is -0.0679. The molecular weight excluding hydrogens is 272 g/mol. The van der Waals surface area contributed by atoms with E-state index < -0.39 is 0 Å². The van der Waals surface area contributed by atoms with Gasteiger partial charge in [0.2, 0.25) is 0 Å². The van der Waals surface area contributed by atoms with Gasteiger partial charge in [-0.15, -0.1) is 11.6 Å². The molecule has 0 amide bonds. The molecule has 1 aliphatic rings. The third kappa shape index (κ3) is 2.57. The summed E-state index contributed by atoms with van der Waals surface area (Å²) in [6.07, 6.45) is 2.25. The van der Waals surface area contributed by atoms with Crippen molar-refractivity contribution in [1.82, 2.24) is 9.55 Å². The number of aryl methyl sites for hydroxylation is 1. The summed E-state index contributed by atoms with van der Waals surface area (Å²) in [5, 5.41) is -0.0679. The number of halogens is 1. The first kappa shape index (κ1) is 13.9. The number of rotatable bonds is 3. The molecule has 20 heavy (non-hydrogen) atoms. The predicted molar refractivity (Wildman–Crippen MR) is 82.3 cm³/mol. The van der Waals surface area contributed by atoms with E-state index in [0.717, 1.165) is 43.9 Å². The van der Waals surface area contributed by atoms with Crippen LogP contribution in [-0.2, 0) is 11.3 Å². The largest absolute Gasteiger partial charge is 0.381 e. The van der Waals surface area contributed by atoms with Crippen molar-refractivity contribution >= 4 is 22.6 Å². The molecular formula is C16H21ClN2O. The van der Waals surface area contributed by atoms with Gasteiger partial charge < -0.3 is 9.30 Å². The van der Waals surface area contributed by atoms with Gasteiger partial charge in [-0.2, -0.15) is 0 Å². The van der Waals surface area contributed by atoms with Crippen molar-refractivity contribution in [2.24, 2.45) is 5.92 Å². The summed E-state index contributed by atoms with van der Waals surface area (Å²) >= 11 is 6.34. The molecule has 1 fully saturated rings. The molecule has 0 bridgehead atoms. The van der Waals surface area contributed by atoms with E-state index in [1.54, 1.807) is 0 Å². The van der Waals surface area contributed by atoms with Gasteiger partial charge in [-0.05, 0) is 44.2 Å². The second-order valence-corrected chi connectivity index (χ2v) is 6.35. The van der Waals surface area contributed by atoms with Gasteiger partial charge in [0.15, 0.2) is 0 Å². The number of aromatic nitrogens is 2. The molecule has 108 valence electrons. The van der Waals surface area contributed by atoms with Gasteiger partial charge in [0.25, 0.3) is 0 Å². The Labute approximate surface area is 124 Å². The number of imidazole rings is 1. The van der Waals surface area contributed by atoms with E-state index in [9.17, 15) is 0 Å². The molecule has 1 atom stereocenters. The number of hydrogen-bond acceptors (Lipinski definition) is 2. The van der Waals surface area contributed by atoms with Crippen molar-refractivity contribution in [3.63, 3.8) is 0 Å². The minimum Gasteiger partial charge on any atom is -0.381 e. The summed E-state index contributed by atoms with van der Waals surface area (Å²) in [5.74, 6) is 1.65. The predicted octanol–water partition coefficient (Wildman–Crippen LogP) is 4.07. The van der Waals surface area contributed by atoms with Gasteiger partial charge in [0.05, 0.1) is 16.4 Å². The molecule has 2 heterocycles. The van der Waals surface area contributed by atoms with Crippen LogP contribution >= 0.6 is 11.6 Å². The Morgan fingerprint density at radius 1 is 1.40 bits per heavy atom. The molecule has 2 aromatic rings. The molecule has 0 aliphatic carbocycles. The Kier molecular flexibility index (Phi) is 3.99. The van der Waals surface area contributed by atoms with Crippen LogP contribution in [-0.4, -0.2) is 22.8 Å². The number of ether oxygens (including phenoxy) is 1. The average Bonchev–Trinajstić information content (AvgIpc) is 2.81. The van der Waals surface area contributed by atoms with Crippen molar-refractivity contribution in [2.75, 3.05) is 13.2 Å². The van der Waals surface area contributed by atoms with Gasteiger partial charge in [-0.3, -0.25) is 0 Å². The van der Waals surface area contributed by atoms with Gasteiger partial charge in [-0.25, -0.2) is 4.98 Å². The fourth-order valence-corrected chi connectivity index (χ4v) is 3.15. The van der Waals surface area contributed by atoms with Crippen molar-refractivity contribution in [3.05, 3.63) is 29.6 Å². The summed E-state index contributed by atoms with van der Waals surface area (Å²) in [6.45, 7) is 6.86. The Bertz CT molecular complexity index is 600. The van der Waals surface area contributed by atoms with Crippen LogP contribution in [0, 0.1) is 12.8 Å². The Morgan fingerprint density at radius 2 is 2.15 bits per heavy atom. The molecule has 0 N–H and O–H groups in total.